The van der Waals surface area contributed by atoms with E-state index in [4.69, 9.17) is 14.9 Å². The maximum atomic E-state index is 11.5. The van der Waals surface area contributed by atoms with Gasteiger partial charge in [0.2, 0.25) is 5.89 Å². The number of carbonyl (C=O) groups excluding carboxylic acids is 1. The Labute approximate surface area is 110 Å². The van der Waals surface area contributed by atoms with Crippen LogP contribution in [0.2, 0.25) is 0 Å². The Morgan fingerprint density at radius 1 is 1.47 bits per heavy atom. The van der Waals surface area contributed by atoms with Crippen molar-refractivity contribution in [2.75, 3.05) is 5.73 Å². The number of nitrogens with one attached hydrogen (secondary N) is 1. The number of hydrogen-bond donors (Lipinski definition) is 2. The molecular weight excluding hydrogens is 246 g/mol. The second kappa shape index (κ2) is 4.79. The molecule has 0 atom stereocenters. The summed E-state index contributed by atoms with van der Waals surface area (Å²) in [7, 11) is 0. The predicted octanol–water partition coefficient (Wildman–Crippen LogP) is 2.43. The zero-order chi connectivity index (χ0) is 14.0. The van der Waals surface area contributed by atoms with E-state index < -0.39 is 11.7 Å². The van der Waals surface area contributed by atoms with Crippen molar-refractivity contribution in [2.24, 2.45) is 0 Å². The number of carbonyl (C=O) groups is 1. The van der Waals surface area contributed by atoms with Crippen LogP contribution in [0, 0.1) is 0 Å². The fraction of sp³-hybridized carbons (Fsp3) is 0.385. The first-order valence-electron chi connectivity index (χ1n) is 5.95. The number of nitrogens with two attached hydrogens (primary N) is 1. The molecule has 1 aromatic heterocycles. The summed E-state index contributed by atoms with van der Waals surface area (Å²) in [5, 5.41) is 2.58. The molecule has 0 saturated heterocycles. The minimum atomic E-state index is -0.528. The SMILES string of the molecule is CC(C)(C)OC(=O)NCc1nc2cc(N)ccc2o1. The fourth-order valence-electron chi connectivity index (χ4n) is 1.53. The molecule has 0 radical (unpaired) electrons. The van der Waals surface area contributed by atoms with Gasteiger partial charge in [0.25, 0.3) is 0 Å². The molecule has 3 N–H and O–H groups in total. The monoisotopic (exact) mass is 263 g/mol. The molecule has 0 fully saturated rings. The lowest BCUT2D eigenvalue weighted by atomic mass is 10.2. The summed E-state index contributed by atoms with van der Waals surface area (Å²) in [6.45, 7) is 5.57. The molecule has 102 valence electrons. The molecule has 2 rings (SSSR count). The zero-order valence-electron chi connectivity index (χ0n) is 11.2. The Balaban J connectivity index is 2.00. The number of fused-ring (bicyclic) bond motifs is 1. The number of aromatic nitrogens is 1. The van der Waals surface area contributed by atoms with Gasteiger partial charge in [-0.3, -0.25) is 0 Å². The highest BCUT2D eigenvalue weighted by Crippen LogP contribution is 2.18. The van der Waals surface area contributed by atoms with Crippen LogP contribution >= 0.6 is 0 Å². The first-order chi connectivity index (χ1) is 8.83. The minimum absolute atomic E-state index is 0.170. The zero-order valence-corrected chi connectivity index (χ0v) is 11.2. The summed E-state index contributed by atoms with van der Waals surface area (Å²) in [6.07, 6.45) is -0.505. The first-order valence-corrected chi connectivity index (χ1v) is 5.95. The van der Waals surface area contributed by atoms with Crippen LogP contribution in [0.5, 0.6) is 0 Å². The highest BCUT2D eigenvalue weighted by atomic mass is 16.6. The second-order valence-corrected chi connectivity index (χ2v) is 5.19. The molecule has 0 saturated carbocycles. The molecule has 0 unspecified atom stereocenters. The number of alkyl carbamates (subject to hydrolysis) is 1. The number of oxazole rings is 1. The van der Waals surface area contributed by atoms with E-state index >= 15 is 0 Å². The lowest BCUT2D eigenvalue weighted by Gasteiger charge is -2.19. The largest absolute Gasteiger partial charge is 0.444 e. The number of amides is 1. The summed E-state index contributed by atoms with van der Waals surface area (Å²) in [5.74, 6) is 0.409. The first kappa shape index (κ1) is 13.2. The topological polar surface area (TPSA) is 90.4 Å². The van der Waals surface area contributed by atoms with Gasteiger partial charge in [-0.2, -0.15) is 0 Å². The quantitative estimate of drug-likeness (QED) is 0.812. The number of rotatable bonds is 2. The van der Waals surface area contributed by atoms with Gasteiger partial charge in [0.1, 0.15) is 11.1 Å². The van der Waals surface area contributed by atoms with Crippen molar-refractivity contribution in [3.8, 4) is 0 Å². The number of benzene rings is 1. The Hall–Kier alpha value is -2.24. The van der Waals surface area contributed by atoms with E-state index in [0.29, 0.717) is 22.7 Å². The number of hydrogen-bond acceptors (Lipinski definition) is 5. The van der Waals surface area contributed by atoms with E-state index in [9.17, 15) is 4.79 Å². The summed E-state index contributed by atoms with van der Waals surface area (Å²) in [5.41, 5.74) is 7.05. The lowest BCUT2D eigenvalue weighted by Crippen LogP contribution is -2.32. The third-order valence-electron chi connectivity index (χ3n) is 2.24. The van der Waals surface area contributed by atoms with Gasteiger partial charge >= 0.3 is 6.09 Å². The van der Waals surface area contributed by atoms with Crippen molar-refractivity contribution >= 4 is 22.9 Å². The third-order valence-corrected chi connectivity index (χ3v) is 2.24. The van der Waals surface area contributed by atoms with E-state index in [1.807, 2.05) is 0 Å². The van der Waals surface area contributed by atoms with E-state index in [-0.39, 0.29) is 6.54 Å². The molecule has 19 heavy (non-hydrogen) atoms. The van der Waals surface area contributed by atoms with Crippen LogP contribution in [-0.4, -0.2) is 16.7 Å². The van der Waals surface area contributed by atoms with Crippen LogP contribution in [0.4, 0.5) is 10.5 Å². The summed E-state index contributed by atoms with van der Waals surface area (Å²) in [4.78, 5) is 15.7. The smallest absolute Gasteiger partial charge is 0.408 e. The molecule has 1 amide bonds. The molecule has 2 aromatic rings. The standard InChI is InChI=1S/C13H17N3O3/c1-13(2,3)19-12(17)15-7-11-16-9-6-8(14)4-5-10(9)18-11/h4-6H,7,14H2,1-3H3,(H,15,17). The molecule has 6 nitrogen and oxygen atoms in total. The van der Waals surface area contributed by atoms with Gasteiger partial charge in [-0.1, -0.05) is 0 Å². The van der Waals surface area contributed by atoms with E-state index in [1.54, 1.807) is 39.0 Å². The van der Waals surface area contributed by atoms with E-state index in [0.717, 1.165) is 0 Å². The van der Waals surface area contributed by atoms with Gasteiger partial charge in [0.05, 0.1) is 6.54 Å². The highest BCUT2D eigenvalue weighted by molar-refractivity contribution is 5.76. The Morgan fingerprint density at radius 3 is 2.89 bits per heavy atom. The van der Waals surface area contributed by atoms with Gasteiger partial charge in [-0.25, -0.2) is 9.78 Å². The molecule has 0 aliphatic rings. The fourth-order valence-corrected chi connectivity index (χ4v) is 1.53. The average molecular weight is 263 g/mol. The maximum absolute atomic E-state index is 11.5. The van der Waals surface area contributed by atoms with Gasteiger partial charge in [0.15, 0.2) is 5.58 Å². The summed E-state index contributed by atoms with van der Waals surface area (Å²) < 4.78 is 10.6. The highest BCUT2D eigenvalue weighted by Gasteiger charge is 2.16. The Bertz CT molecular complexity index is 599. The normalized spacial score (nSPS) is 11.5. The van der Waals surface area contributed by atoms with E-state index in [2.05, 4.69) is 10.3 Å². The molecule has 1 heterocycles. The lowest BCUT2D eigenvalue weighted by molar-refractivity contribution is 0.0519. The molecule has 6 heteroatoms. The molecule has 1 aromatic carbocycles. The van der Waals surface area contributed by atoms with Crippen LogP contribution in [0.3, 0.4) is 0 Å². The maximum Gasteiger partial charge on any atom is 0.408 e. The second-order valence-electron chi connectivity index (χ2n) is 5.19. The van der Waals surface area contributed by atoms with Gasteiger partial charge < -0.3 is 20.2 Å². The van der Waals surface area contributed by atoms with Crippen molar-refractivity contribution in [1.29, 1.82) is 0 Å². The van der Waals surface area contributed by atoms with Crippen molar-refractivity contribution in [1.82, 2.24) is 10.3 Å². The number of nitrogens with zero attached hydrogens (tertiary/aromatic N) is 1. The predicted molar refractivity (Wildman–Crippen MR) is 71.5 cm³/mol. The minimum Gasteiger partial charge on any atom is -0.444 e. The van der Waals surface area contributed by atoms with Gasteiger partial charge in [-0.05, 0) is 39.0 Å². The molecule has 0 aliphatic heterocycles. The molecule has 0 spiro atoms. The van der Waals surface area contributed by atoms with Crippen molar-refractivity contribution < 1.29 is 13.9 Å². The number of ether oxygens (including phenoxy) is 1. The van der Waals surface area contributed by atoms with Crippen LogP contribution in [-0.2, 0) is 11.3 Å². The number of nitrogen functional groups attached to an aromatic ring is 1. The molecular formula is C13H17N3O3. The Morgan fingerprint density at radius 2 is 2.21 bits per heavy atom. The van der Waals surface area contributed by atoms with Gasteiger partial charge in [-0.15, -0.1) is 0 Å². The van der Waals surface area contributed by atoms with Crippen LogP contribution < -0.4 is 11.1 Å². The summed E-state index contributed by atoms with van der Waals surface area (Å²) >= 11 is 0. The van der Waals surface area contributed by atoms with Crippen molar-refractivity contribution in [3.63, 3.8) is 0 Å². The Kier molecular flexibility index (Phi) is 3.33. The van der Waals surface area contributed by atoms with Crippen LogP contribution in [0.1, 0.15) is 26.7 Å². The molecule has 0 bridgehead atoms. The molecule has 0 aliphatic carbocycles. The summed E-state index contributed by atoms with van der Waals surface area (Å²) in [6, 6.07) is 5.20. The van der Waals surface area contributed by atoms with E-state index in [1.165, 1.54) is 0 Å². The van der Waals surface area contributed by atoms with Crippen molar-refractivity contribution in [2.45, 2.75) is 32.9 Å². The van der Waals surface area contributed by atoms with Crippen LogP contribution in [0.25, 0.3) is 11.1 Å². The van der Waals surface area contributed by atoms with Crippen LogP contribution in [0.15, 0.2) is 22.6 Å². The van der Waals surface area contributed by atoms with Gasteiger partial charge in [0, 0.05) is 5.69 Å². The third kappa shape index (κ3) is 3.61. The van der Waals surface area contributed by atoms with Crippen molar-refractivity contribution in [3.05, 3.63) is 24.1 Å². The average Bonchev–Trinajstić information content (AvgIpc) is 2.66. The number of anilines is 1.